The molecule has 4 aromatic carbocycles. The highest BCUT2D eigenvalue weighted by atomic mass is 16.5. The van der Waals surface area contributed by atoms with Crippen molar-refractivity contribution in [1.82, 2.24) is 0 Å². The molecule has 148 valence electrons. The van der Waals surface area contributed by atoms with Crippen molar-refractivity contribution in [3.63, 3.8) is 0 Å². The van der Waals surface area contributed by atoms with E-state index in [-0.39, 0.29) is 0 Å². The van der Waals surface area contributed by atoms with Gasteiger partial charge in [0.05, 0.1) is 0 Å². The standard InChI is InChI=1S/C28H24O2/c1-3-7-25(8-4-1)21-29-27-17-13-23(14-18-27)11-12-24-15-19-28(20-16-24)30-22-26-9-5-2-6-10-26/h1-20H,21-22H2. The van der Waals surface area contributed by atoms with E-state index in [1.807, 2.05) is 60.7 Å². The van der Waals surface area contributed by atoms with Gasteiger partial charge < -0.3 is 9.47 Å². The lowest BCUT2D eigenvalue weighted by molar-refractivity contribution is 0.306. The minimum Gasteiger partial charge on any atom is -0.489 e. The van der Waals surface area contributed by atoms with Gasteiger partial charge in [-0.15, -0.1) is 0 Å². The Hall–Kier alpha value is -3.78. The highest BCUT2D eigenvalue weighted by molar-refractivity contribution is 5.70. The maximum Gasteiger partial charge on any atom is 0.119 e. The van der Waals surface area contributed by atoms with Gasteiger partial charge in [-0.25, -0.2) is 0 Å². The van der Waals surface area contributed by atoms with Crippen LogP contribution in [0.25, 0.3) is 12.2 Å². The summed E-state index contributed by atoms with van der Waals surface area (Å²) in [6, 6.07) is 36.6. The fourth-order valence-corrected chi connectivity index (χ4v) is 3.02. The molecule has 0 aliphatic heterocycles. The van der Waals surface area contributed by atoms with E-state index in [1.54, 1.807) is 0 Å². The fourth-order valence-electron chi connectivity index (χ4n) is 3.02. The van der Waals surface area contributed by atoms with Crippen LogP contribution >= 0.6 is 0 Å². The molecule has 0 aromatic heterocycles. The molecule has 2 heteroatoms. The van der Waals surface area contributed by atoms with Gasteiger partial charge in [-0.05, 0) is 46.5 Å². The minimum absolute atomic E-state index is 0.578. The number of ether oxygens (including phenoxy) is 2. The molecule has 4 aromatic rings. The summed E-state index contributed by atoms with van der Waals surface area (Å²) in [6.45, 7) is 1.16. The zero-order valence-electron chi connectivity index (χ0n) is 16.8. The Bertz CT molecular complexity index is 962. The van der Waals surface area contributed by atoms with E-state index in [0.717, 1.165) is 33.8 Å². The van der Waals surface area contributed by atoms with Gasteiger partial charge in [0.25, 0.3) is 0 Å². The highest BCUT2D eigenvalue weighted by Gasteiger charge is 1.97. The van der Waals surface area contributed by atoms with Crippen molar-refractivity contribution in [2.45, 2.75) is 13.2 Å². The van der Waals surface area contributed by atoms with E-state index < -0.39 is 0 Å². The first kappa shape index (κ1) is 19.5. The van der Waals surface area contributed by atoms with Crippen molar-refractivity contribution in [3.8, 4) is 11.5 Å². The molecule has 0 saturated carbocycles. The van der Waals surface area contributed by atoms with Gasteiger partial charge in [0, 0.05) is 0 Å². The molecule has 0 bridgehead atoms. The Morgan fingerprint density at radius 3 is 1.17 bits per heavy atom. The topological polar surface area (TPSA) is 18.5 Å². The Kier molecular flexibility index (Phi) is 6.59. The minimum atomic E-state index is 0.578. The van der Waals surface area contributed by atoms with Crippen molar-refractivity contribution in [3.05, 3.63) is 131 Å². The van der Waals surface area contributed by atoms with Crippen LogP contribution in [0.3, 0.4) is 0 Å². The zero-order valence-corrected chi connectivity index (χ0v) is 16.8. The third-order valence-corrected chi connectivity index (χ3v) is 4.73. The van der Waals surface area contributed by atoms with Crippen molar-refractivity contribution < 1.29 is 9.47 Å². The molecule has 0 aliphatic rings. The van der Waals surface area contributed by atoms with Crippen LogP contribution in [0.4, 0.5) is 0 Å². The number of hydrogen-bond donors (Lipinski definition) is 0. The lowest BCUT2D eigenvalue weighted by atomic mass is 10.1. The van der Waals surface area contributed by atoms with Crippen LogP contribution < -0.4 is 9.47 Å². The second-order valence-electron chi connectivity index (χ2n) is 7.02. The van der Waals surface area contributed by atoms with Crippen molar-refractivity contribution in [2.75, 3.05) is 0 Å². The lowest BCUT2D eigenvalue weighted by Crippen LogP contribution is -1.94. The Balaban J connectivity index is 1.28. The molecule has 0 N–H and O–H groups in total. The zero-order chi connectivity index (χ0) is 20.4. The van der Waals surface area contributed by atoms with Gasteiger partial charge in [0.1, 0.15) is 24.7 Å². The molecule has 30 heavy (non-hydrogen) atoms. The van der Waals surface area contributed by atoms with Gasteiger partial charge in [0.2, 0.25) is 0 Å². The fraction of sp³-hybridized carbons (Fsp3) is 0.0714. The molecule has 0 atom stereocenters. The summed E-state index contributed by atoms with van der Waals surface area (Å²) >= 11 is 0. The highest BCUT2D eigenvalue weighted by Crippen LogP contribution is 2.18. The van der Waals surface area contributed by atoms with E-state index in [2.05, 4.69) is 60.7 Å². The average Bonchev–Trinajstić information content (AvgIpc) is 2.83. The average molecular weight is 392 g/mol. The summed E-state index contributed by atoms with van der Waals surface area (Å²) in [7, 11) is 0. The lowest BCUT2D eigenvalue weighted by Gasteiger charge is -2.07. The smallest absolute Gasteiger partial charge is 0.119 e. The molecule has 2 nitrogen and oxygen atoms in total. The molecule has 0 fully saturated rings. The second-order valence-corrected chi connectivity index (χ2v) is 7.02. The number of rotatable bonds is 8. The molecule has 0 spiro atoms. The molecular weight excluding hydrogens is 368 g/mol. The maximum atomic E-state index is 5.84. The summed E-state index contributed by atoms with van der Waals surface area (Å²) in [6.07, 6.45) is 4.20. The Morgan fingerprint density at radius 1 is 0.433 bits per heavy atom. The van der Waals surface area contributed by atoms with E-state index in [0.29, 0.717) is 13.2 Å². The Morgan fingerprint density at radius 2 is 0.800 bits per heavy atom. The predicted octanol–water partition coefficient (Wildman–Crippen LogP) is 7.02. The van der Waals surface area contributed by atoms with Crippen LogP contribution in [0, 0.1) is 0 Å². The van der Waals surface area contributed by atoms with Crippen LogP contribution in [0.2, 0.25) is 0 Å². The first-order chi connectivity index (χ1) is 14.8. The van der Waals surface area contributed by atoms with Crippen LogP contribution in [-0.2, 0) is 13.2 Å². The third kappa shape index (κ3) is 5.86. The molecular formula is C28H24O2. The summed E-state index contributed by atoms with van der Waals surface area (Å²) in [4.78, 5) is 0. The maximum absolute atomic E-state index is 5.84. The van der Waals surface area contributed by atoms with Gasteiger partial charge in [0.15, 0.2) is 0 Å². The summed E-state index contributed by atoms with van der Waals surface area (Å²) < 4.78 is 11.7. The predicted molar refractivity (Wildman–Crippen MR) is 123 cm³/mol. The summed E-state index contributed by atoms with van der Waals surface area (Å²) in [5.41, 5.74) is 4.59. The van der Waals surface area contributed by atoms with E-state index in [4.69, 9.17) is 9.47 Å². The summed E-state index contributed by atoms with van der Waals surface area (Å²) in [5, 5.41) is 0. The van der Waals surface area contributed by atoms with E-state index in [1.165, 1.54) is 0 Å². The van der Waals surface area contributed by atoms with Gasteiger partial charge in [-0.2, -0.15) is 0 Å². The normalized spacial score (nSPS) is 10.8. The first-order valence-electron chi connectivity index (χ1n) is 10.1. The molecule has 4 rings (SSSR count). The van der Waals surface area contributed by atoms with Gasteiger partial charge in [-0.1, -0.05) is 97.1 Å². The SMILES string of the molecule is C(=Cc1ccc(OCc2ccccc2)cc1)c1ccc(OCc2ccccc2)cc1. The van der Waals surface area contributed by atoms with Crippen LogP contribution in [0.5, 0.6) is 11.5 Å². The van der Waals surface area contributed by atoms with E-state index >= 15 is 0 Å². The monoisotopic (exact) mass is 392 g/mol. The largest absolute Gasteiger partial charge is 0.489 e. The molecule has 0 heterocycles. The van der Waals surface area contributed by atoms with Gasteiger partial charge >= 0.3 is 0 Å². The van der Waals surface area contributed by atoms with Crippen LogP contribution in [0.15, 0.2) is 109 Å². The van der Waals surface area contributed by atoms with Crippen molar-refractivity contribution in [1.29, 1.82) is 0 Å². The number of benzene rings is 4. The van der Waals surface area contributed by atoms with E-state index in [9.17, 15) is 0 Å². The number of hydrogen-bond acceptors (Lipinski definition) is 2. The molecule has 0 saturated heterocycles. The first-order valence-corrected chi connectivity index (χ1v) is 10.1. The van der Waals surface area contributed by atoms with Crippen LogP contribution in [-0.4, -0.2) is 0 Å². The van der Waals surface area contributed by atoms with Crippen LogP contribution in [0.1, 0.15) is 22.3 Å². The molecule has 0 amide bonds. The van der Waals surface area contributed by atoms with Crippen molar-refractivity contribution in [2.24, 2.45) is 0 Å². The second kappa shape index (κ2) is 10.1. The molecule has 0 radical (unpaired) electrons. The third-order valence-electron chi connectivity index (χ3n) is 4.73. The van der Waals surface area contributed by atoms with Crippen molar-refractivity contribution >= 4 is 12.2 Å². The Labute approximate surface area is 178 Å². The summed E-state index contributed by atoms with van der Waals surface area (Å²) in [5.74, 6) is 1.74. The molecule has 0 unspecified atom stereocenters. The molecule has 0 aliphatic carbocycles. The van der Waals surface area contributed by atoms with Gasteiger partial charge in [-0.3, -0.25) is 0 Å². The quantitative estimate of drug-likeness (QED) is 0.300.